The van der Waals surface area contributed by atoms with Gasteiger partial charge in [-0.15, -0.1) is 0 Å². The molecule has 0 radical (unpaired) electrons. The van der Waals surface area contributed by atoms with Crippen LogP contribution in [0.5, 0.6) is 0 Å². The molecule has 1 amide bonds. The molecular weight excluding hydrogens is 256 g/mol. The second kappa shape index (κ2) is 5.28. The number of rotatable bonds is 1. The quantitative estimate of drug-likeness (QED) is 0.711. The van der Waals surface area contributed by atoms with Crippen molar-refractivity contribution < 1.29 is 9.53 Å². The molecule has 0 N–H and O–H groups in total. The molecule has 3 aliphatic heterocycles. The zero-order valence-corrected chi connectivity index (χ0v) is 11.5. The van der Waals surface area contributed by atoms with E-state index < -0.39 is 0 Å². The summed E-state index contributed by atoms with van der Waals surface area (Å²) in [7, 11) is 0. The molecule has 0 unspecified atom stereocenters. The highest BCUT2D eigenvalue weighted by Gasteiger charge is 2.39. The Morgan fingerprint density at radius 1 is 1.12 bits per heavy atom. The minimum Gasteiger partial charge on any atom is -0.447 e. The molecule has 0 saturated carbocycles. The van der Waals surface area contributed by atoms with E-state index in [9.17, 15) is 4.79 Å². The fourth-order valence-electron chi connectivity index (χ4n) is 2.66. The zero-order valence-electron chi connectivity index (χ0n) is 9.84. The second-order valence-electron chi connectivity index (χ2n) is 4.72. The molecule has 3 rings (SSSR count). The number of ether oxygens (including phenoxy) is 1. The average Bonchev–Trinajstić information content (AvgIpc) is 2.58. The van der Waals surface area contributed by atoms with E-state index in [1.165, 1.54) is 23.0 Å². The Morgan fingerprint density at radius 2 is 1.88 bits per heavy atom. The normalized spacial score (nSPS) is 32.1. The van der Waals surface area contributed by atoms with Gasteiger partial charge in [-0.1, -0.05) is 0 Å². The van der Waals surface area contributed by atoms with Crippen molar-refractivity contribution in [2.45, 2.75) is 12.1 Å². The van der Waals surface area contributed by atoms with Gasteiger partial charge in [-0.2, -0.15) is 23.5 Å². The van der Waals surface area contributed by atoms with Crippen LogP contribution >= 0.6 is 23.5 Å². The number of hydrogen-bond acceptors (Lipinski definition) is 5. The van der Waals surface area contributed by atoms with E-state index in [0.717, 1.165) is 19.6 Å². The summed E-state index contributed by atoms with van der Waals surface area (Å²) in [6, 6.07) is 0.986. The van der Waals surface area contributed by atoms with Gasteiger partial charge in [0, 0.05) is 48.7 Å². The lowest BCUT2D eigenvalue weighted by atomic mass is 10.1. The molecule has 0 bridgehead atoms. The Bertz CT molecular complexity index is 295. The average molecular weight is 274 g/mol. The maximum absolute atomic E-state index is 11.4. The van der Waals surface area contributed by atoms with E-state index in [1.54, 1.807) is 0 Å². The highest BCUT2D eigenvalue weighted by Crippen LogP contribution is 2.24. The number of piperazine rings is 1. The Morgan fingerprint density at radius 3 is 2.65 bits per heavy atom. The molecule has 0 spiro atoms. The van der Waals surface area contributed by atoms with Crippen molar-refractivity contribution in [2.24, 2.45) is 0 Å². The van der Waals surface area contributed by atoms with E-state index >= 15 is 0 Å². The van der Waals surface area contributed by atoms with Crippen LogP contribution in [0, 0.1) is 0 Å². The standard InChI is InChI=1S/C11H18N2O2S2/c14-11-13-2-1-12(5-9(13)6-15-11)10-7-16-3-4-17-8-10/h9-10H,1-8H2/t9-/m0/s1. The predicted octanol–water partition coefficient (Wildman–Crippen LogP) is 0.971. The van der Waals surface area contributed by atoms with Crippen molar-refractivity contribution in [3.63, 3.8) is 0 Å². The van der Waals surface area contributed by atoms with Crippen LogP contribution < -0.4 is 0 Å². The van der Waals surface area contributed by atoms with Crippen LogP contribution in [-0.4, -0.2) is 77.2 Å². The molecule has 96 valence electrons. The lowest BCUT2D eigenvalue weighted by Gasteiger charge is -2.39. The van der Waals surface area contributed by atoms with Crippen LogP contribution in [0.25, 0.3) is 0 Å². The van der Waals surface area contributed by atoms with Crippen molar-refractivity contribution in [2.75, 3.05) is 49.3 Å². The smallest absolute Gasteiger partial charge is 0.410 e. The molecule has 3 saturated heterocycles. The summed E-state index contributed by atoms with van der Waals surface area (Å²) >= 11 is 4.14. The summed E-state index contributed by atoms with van der Waals surface area (Å²) in [5.74, 6) is 5.06. The van der Waals surface area contributed by atoms with Gasteiger partial charge in [0.25, 0.3) is 0 Å². The van der Waals surface area contributed by atoms with E-state index in [1.807, 2.05) is 4.90 Å². The SMILES string of the molecule is O=C1OC[C@@H]2CN(C3CSCCSC3)CCN12. The number of carbonyl (C=O) groups excluding carboxylic acids is 1. The van der Waals surface area contributed by atoms with Gasteiger partial charge < -0.3 is 4.74 Å². The minimum absolute atomic E-state index is 0.112. The minimum atomic E-state index is -0.112. The maximum Gasteiger partial charge on any atom is 0.410 e. The summed E-state index contributed by atoms with van der Waals surface area (Å²) in [4.78, 5) is 15.9. The van der Waals surface area contributed by atoms with Crippen LogP contribution in [-0.2, 0) is 4.74 Å². The number of nitrogens with zero attached hydrogens (tertiary/aromatic N) is 2. The van der Waals surface area contributed by atoms with E-state index in [2.05, 4.69) is 28.4 Å². The number of hydrogen-bond donors (Lipinski definition) is 0. The number of thioether (sulfide) groups is 2. The van der Waals surface area contributed by atoms with Crippen molar-refractivity contribution in [1.82, 2.24) is 9.80 Å². The van der Waals surface area contributed by atoms with Gasteiger partial charge in [-0.3, -0.25) is 9.80 Å². The number of fused-ring (bicyclic) bond motifs is 1. The summed E-state index contributed by atoms with van der Waals surface area (Å²) in [6.45, 7) is 3.44. The maximum atomic E-state index is 11.4. The summed E-state index contributed by atoms with van der Waals surface area (Å²) in [5.41, 5.74) is 0. The monoisotopic (exact) mass is 274 g/mol. The first-order valence-electron chi connectivity index (χ1n) is 6.17. The van der Waals surface area contributed by atoms with Gasteiger partial charge in [-0.25, -0.2) is 4.79 Å². The Labute approximate surface area is 110 Å². The van der Waals surface area contributed by atoms with E-state index in [-0.39, 0.29) is 6.09 Å². The van der Waals surface area contributed by atoms with Crippen molar-refractivity contribution >= 4 is 29.6 Å². The van der Waals surface area contributed by atoms with Crippen LogP contribution in [0.1, 0.15) is 0 Å². The highest BCUT2D eigenvalue weighted by atomic mass is 32.2. The lowest BCUT2D eigenvalue weighted by molar-refractivity contribution is 0.102. The molecule has 0 aromatic carbocycles. The molecule has 0 aromatic rings. The van der Waals surface area contributed by atoms with Crippen molar-refractivity contribution in [3.05, 3.63) is 0 Å². The Kier molecular flexibility index (Phi) is 3.72. The molecule has 4 nitrogen and oxygen atoms in total. The fraction of sp³-hybridized carbons (Fsp3) is 0.909. The lowest BCUT2D eigenvalue weighted by Crippen LogP contribution is -2.56. The summed E-state index contributed by atoms with van der Waals surface area (Å²) in [5, 5.41) is 0. The molecular formula is C11H18N2O2S2. The van der Waals surface area contributed by atoms with E-state index in [4.69, 9.17) is 4.74 Å². The first kappa shape index (κ1) is 12.0. The molecule has 0 aromatic heterocycles. The Balaban J connectivity index is 1.60. The largest absolute Gasteiger partial charge is 0.447 e. The molecule has 3 heterocycles. The third-order valence-electron chi connectivity index (χ3n) is 3.66. The number of cyclic esters (lactones) is 1. The molecule has 3 fully saturated rings. The van der Waals surface area contributed by atoms with Gasteiger partial charge in [0.05, 0.1) is 6.04 Å². The number of amides is 1. The van der Waals surface area contributed by atoms with Crippen LogP contribution in [0.4, 0.5) is 4.79 Å². The molecule has 1 atom stereocenters. The van der Waals surface area contributed by atoms with Gasteiger partial charge >= 0.3 is 6.09 Å². The van der Waals surface area contributed by atoms with Gasteiger partial charge in [-0.05, 0) is 0 Å². The van der Waals surface area contributed by atoms with Gasteiger partial charge in [0.1, 0.15) is 6.61 Å². The zero-order chi connectivity index (χ0) is 11.7. The topological polar surface area (TPSA) is 32.8 Å². The number of carbonyl (C=O) groups is 1. The first-order valence-corrected chi connectivity index (χ1v) is 8.48. The van der Waals surface area contributed by atoms with Crippen LogP contribution in [0.15, 0.2) is 0 Å². The van der Waals surface area contributed by atoms with Crippen molar-refractivity contribution in [3.8, 4) is 0 Å². The Hall–Kier alpha value is -0.0700. The van der Waals surface area contributed by atoms with Gasteiger partial charge in [0.15, 0.2) is 0 Å². The molecule has 0 aliphatic carbocycles. The predicted molar refractivity (Wildman–Crippen MR) is 71.9 cm³/mol. The summed E-state index contributed by atoms with van der Waals surface area (Å²) < 4.78 is 5.11. The van der Waals surface area contributed by atoms with Crippen LogP contribution in [0.3, 0.4) is 0 Å². The molecule has 3 aliphatic rings. The highest BCUT2D eigenvalue weighted by molar-refractivity contribution is 8.03. The molecule has 17 heavy (non-hydrogen) atoms. The molecule has 6 heteroatoms. The second-order valence-corrected chi connectivity index (χ2v) is 7.02. The summed E-state index contributed by atoms with van der Waals surface area (Å²) in [6.07, 6.45) is -0.112. The van der Waals surface area contributed by atoms with E-state index in [0.29, 0.717) is 18.7 Å². The first-order chi connectivity index (χ1) is 8.34. The fourth-order valence-corrected chi connectivity index (χ4v) is 5.29. The van der Waals surface area contributed by atoms with Crippen molar-refractivity contribution in [1.29, 1.82) is 0 Å². The van der Waals surface area contributed by atoms with Gasteiger partial charge in [0.2, 0.25) is 0 Å². The third-order valence-corrected chi connectivity index (χ3v) is 6.14. The third kappa shape index (κ3) is 2.53. The van der Waals surface area contributed by atoms with Crippen LogP contribution in [0.2, 0.25) is 0 Å².